The fourth-order valence-corrected chi connectivity index (χ4v) is 3.41. The minimum Gasteiger partial charge on any atom is -0.479 e. The second kappa shape index (κ2) is 9.23. The van der Waals surface area contributed by atoms with Gasteiger partial charge in [0.15, 0.2) is 12.1 Å². The molecule has 2 aromatic rings. The Balaban J connectivity index is 1.70. The van der Waals surface area contributed by atoms with Gasteiger partial charge in [0.05, 0.1) is 0 Å². The molecule has 0 bridgehead atoms. The highest BCUT2D eigenvalue weighted by Gasteiger charge is 2.36. The number of benzene rings is 2. The molecule has 8 heteroatoms. The minimum atomic E-state index is -2.19. The number of hydrogen-bond acceptors (Lipinski definition) is 6. The lowest BCUT2D eigenvalue weighted by Gasteiger charge is -2.20. The number of aliphatic carboxylic acids is 1. The summed E-state index contributed by atoms with van der Waals surface area (Å²) in [5.74, 6) is -3.01. The summed E-state index contributed by atoms with van der Waals surface area (Å²) < 4.78 is 10.0. The topological polar surface area (TPSA) is 122 Å². The van der Waals surface area contributed by atoms with Gasteiger partial charge < -0.3 is 25.0 Å². The fourth-order valence-electron chi connectivity index (χ4n) is 3.41. The van der Waals surface area contributed by atoms with Crippen LogP contribution in [0.5, 0.6) is 0 Å². The van der Waals surface area contributed by atoms with E-state index in [1.54, 1.807) is 0 Å². The van der Waals surface area contributed by atoms with Crippen molar-refractivity contribution in [3.8, 4) is 11.1 Å². The average Bonchev–Trinajstić information content (AvgIpc) is 3.07. The predicted octanol–water partition coefficient (Wildman–Crippen LogP) is 2.07. The molecule has 1 aliphatic rings. The molecule has 0 heterocycles. The third-order valence-corrected chi connectivity index (χ3v) is 4.78. The Morgan fingerprint density at radius 2 is 1.60 bits per heavy atom. The number of nitrogens with one attached hydrogen (secondary N) is 1. The third-order valence-electron chi connectivity index (χ3n) is 4.78. The maximum atomic E-state index is 12.3. The van der Waals surface area contributed by atoms with Gasteiger partial charge in [0, 0.05) is 5.92 Å². The summed E-state index contributed by atoms with van der Waals surface area (Å²) in [6, 6.07) is 13.7. The van der Waals surface area contributed by atoms with Crippen molar-refractivity contribution in [3.05, 3.63) is 72.3 Å². The summed E-state index contributed by atoms with van der Waals surface area (Å²) in [4.78, 5) is 35.4. The van der Waals surface area contributed by atoms with Crippen molar-refractivity contribution in [3.63, 3.8) is 0 Å². The van der Waals surface area contributed by atoms with Gasteiger partial charge in [-0.25, -0.2) is 14.4 Å². The second-order valence-corrected chi connectivity index (χ2v) is 6.65. The Labute approximate surface area is 172 Å². The molecule has 3 rings (SSSR count). The first-order valence-electron chi connectivity index (χ1n) is 9.24. The average molecular weight is 411 g/mol. The number of fused-ring (bicyclic) bond motifs is 3. The van der Waals surface area contributed by atoms with Crippen LogP contribution in [0.4, 0.5) is 4.79 Å². The van der Waals surface area contributed by atoms with Crippen LogP contribution in [0.15, 0.2) is 61.2 Å². The number of hydrogen-bond donors (Lipinski definition) is 3. The van der Waals surface area contributed by atoms with Crippen molar-refractivity contribution in [1.82, 2.24) is 5.32 Å². The first kappa shape index (κ1) is 21.1. The zero-order valence-electron chi connectivity index (χ0n) is 16.0. The van der Waals surface area contributed by atoms with Crippen molar-refractivity contribution in [2.75, 3.05) is 13.2 Å². The van der Waals surface area contributed by atoms with Crippen molar-refractivity contribution >= 4 is 18.0 Å². The summed E-state index contributed by atoms with van der Waals surface area (Å²) in [6.07, 6.45) is -1.96. The molecule has 0 saturated heterocycles. The van der Waals surface area contributed by atoms with Crippen LogP contribution in [-0.2, 0) is 19.1 Å². The number of carboxylic acid groups (broad SMARTS) is 1. The summed E-state index contributed by atoms with van der Waals surface area (Å²) in [6.45, 7) is 3.14. The van der Waals surface area contributed by atoms with Crippen LogP contribution in [0.25, 0.3) is 11.1 Å². The fraction of sp³-hybridized carbons (Fsp3) is 0.227. The van der Waals surface area contributed by atoms with Gasteiger partial charge in [-0.15, -0.1) is 0 Å². The number of rotatable bonds is 8. The van der Waals surface area contributed by atoms with Crippen LogP contribution >= 0.6 is 0 Å². The van der Waals surface area contributed by atoms with E-state index >= 15 is 0 Å². The zero-order valence-corrected chi connectivity index (χ0v) is 16.0. The molecule has 156 valence electrons. The van der Waals surface area contributed by atoms with Crippen LogP contribution in [0.3, 0.4) is 0 Å². The largest absolute Gasteiger partial charge is 0.479 e. The van der Waals surface area contributed by atoms with E-state index in [4.69, 9.17) is 14.6 Å². The molecule has 8 nitrogen and oxygen atoms in total. The van der Waals surface area contributed by atoms with Crippen LogP contribution in [0, 0.1) is 0 Å². The Morgan fingerprint density at radius 3 is 2.13 bits per heavy atom. The Kier molecular flexibility index (Phi) is 6.48. The number of carbonyl (C=O) groups excluding carboxylic acids is 2. The predicted molar refractivity (Wildman–Crippen MR) is 107 cm³/mol. The van der Waals surface area contributed by atoms with E-state index < -0.39 is 30.2 Å². The van der Waals surface area contributed by atoms with Crippen LogP contribution in [0.1, 0.15) is 17.0 Å². The number of carboxylic acids is 1. The van der Waals surface area contributed by atoms with Crippen molar-refractivity contribution in [1.29, 1.82) is 0 Å². The Hall–Kier alpha value is -3.65. The number of aliphatic hydroxyl groups excluding tert-OH is 1. The Bertz CT molecular complexity index is 926. The first-order chi connectivity index (χ1) is 14.4. The number of aliphatic hydroxyl groups is 1. The standard InChI is InChI=1S/C22H21NO7/c1-2-11-29-21(27)18(19(24)20(25)26)23-22(28)30-12-17-15-9-5-3-7-13(15)14-8-4-6-10-16(14)17/h2-10,17-19,24H,1,11-12H2,(H,23,28)(H,25,26)/t18-,19-/m1/s1. The molecule has 0 fully saturated rings. The molecule has 1 aliphatic carbocycles. The summed E-state index contributed by atoms with van der Waals surface area (Å²) in [7, 11) is 0. The third kappa shape index (κ3) is 4.33. The van der Waals surface area contributed by atoms with E-state index in [1.807, 2.05) is 48.5 Å². The van der Waals surface area contributed by atoms with E-state index in [2.05, 4.69) is 11.9 Å². The molecule has 0 aliphatic heterocycles. The normalized spacial score (nSPS) is 14.0. The highest BCUT2D eigenvalue weighted by Crippen LogP contribution is 2.44. The first-order valence-corrected chi connectivity index (χ1v) is 9.24. The molecule has 30 heavy (non-hydrogen) atoms. The molecule has 1 amide bonds. The molecule has 0 saturated carbocycles. The SMILES string of the molecule is C=CCOC(=O)[C@H](NC(=O)OCC1c2ccccc2-c2ccccc21)[C@@H](O)C(=O)O. The highest BCUT2D eigenvalue weighted by atomic mass is 16.6. The van der Waals surface area contributed by atoms with Crippen LogP contribution < -0.4 is 5.32 Å². The molecule has 3 N–H and O–H groups in total. The quantitative estimate of drug-likeness (QED) is 0.449. The molecular weight excluding hydrogens is 390 g/mol. The molecular formula is C22H21NO7. The van der Waals surface area contributed by atoms with E-state index in [9.17, 15) is 19.5 Å². The molecule has 2 aromatic carbocycles. The van der Waals surface area contributed by atoms with Crippen LogP contribution in [-0.4, -0.2) is 53.6 Å². The molecule has 0 unspecified atom stereocenters. The van der Waals surface area contributed by atoms with Crippen LogP contribution in [0.2, 0.25) is 0 Å². The Morgan fingerprint density at radius 1 is 1.03 bits per heavy atom. The molecule has 0 spiro atoms. The van der Waals surface area contributed by atoms with Crippen molar-refractivity contribution in [2.45, 2.75) is 18.1 Å². The summed E-state index contributed by atoms with van der Waals surface area (Å²) in [5, 5.41) is 20.8. The van der Waals surface area contributed by atoms with Gasteiger partial charge in [-0.1, -0.05) is 61.2 Å². The van der Waals surface area contributed by atoms with Gasteiger partial charge in [0.25, 0.3) is 0 Å². The number of esters is 1. The lowest BCUT2D eigenvalue weighted by Crippen LogP contribution is -2.52. The lowest BCUT2D eigenvalue weighted by molar-refractivity contribution is -0.158. The van der Waals surface area contributed by atoms with Crippen molar-refractivity contribution < 1.29 is 34.1 Å². The number of amides is 1. The number of carbonyl (C=O) groups is 3. The van der Waals surface area contributed by atoms with E-state index in [0.717, 1.165) is 22.3 Å². The maximum Gasteiger partial charge on any atom is 0.407 e. The smallest absolute Gasteiger partial charge is 0.407 e. The zero-order chi connectivity index (χ0) is 21.7. The monoisotopic (exact) mass is 411 g/mol. The van der Waals surface area contributed by atoms with Crippen molar-refractivity contribution in [2.24, 2.45) is 0 Å². The van der Waals surface area contributed by atoms with Gasteiger partial charge in [0.1, 0.15) is 13.2 Å². The molecule has 0 radical (unpaired) electrons. The van der Waals surface area contributed by atoms with Gasteiger partial charge in [-0.3, -0.25) is 0 Å². The summed E-state index contributed by atoms with van der Waals surface area (Å²) >= 11 is 0. The minimum absolute atomic E-state index is 0.0303. The summed E-state index contributed by atoms with van der Waals surface area (Å²) in [5.41, 5.74) is 4.10. The van der Waals surface area contributed by atoms with E-state index in [-0.39, 0.29) is 19.1 Å². The second-order valence-electron chi connectivity index (χ2n) is 6.65. The van der Waals surface area contributed by atoms with Gasteiger partial charge >= 0.3 is 18.0 Å². The van der Waals surface area contributed by atoms with Gasteiger partial charge in [-0.05, 0) is 22.3 Å². The maximum absolute atomic E-state index is 12.3. The number of ether oxygens (including phenoxy) is 2. The highest BCUT2D eigenvalue weighted by molar-refractivity contribution is 5.88. The molecule has 2 atom stereocenters. The number of alkyl carbamates (subject to hydrolysis) is 1. The molecule has 0 aromatic heterocycles. The van der Waals surface area contributed by atoms with E-state index in [1.165, 1.54) is 6.08 Å². The van der Waals surface area contributed by atoms with Gasteiger partial charge in [-0.2, -0.15) is 0 Å². The lowest BCUT2D eigenvalue weighted by atomic mass is 9.98. The van der Waals surface area contributed by atoms with E-state index in [0.29, 0.717) is 0 Å². The van der Waals surface area contributed by atoms with Gasteiger partial charge in [0.2, 0.25) is 0 Å².